The molecule has 0 aromatic heterocycles. The van der Waals surface area contributed by atoms with Crippen LogP contribution in [0.3, 0.4) is 0 Å². The van der Waals surface area contributed by atoms with E-state index in [1.54, 1.807) is 30.3 Å². The highest BCUT2D eigenvalue weighted by Crippen LogP contribution is 2.17. The van der Waals surface area contributed by atoms with Gasteiger partial charge in [0.15, 0.2) is 0 Å². The maximum absolute atomic E-state index is 11.7. The molecule has 1 aromatic rings. The molecule has 0 bridgehead atoms. The Bertz CT molecular complexity index is 441. The van der Waals surface area contributed by atoms with Crippen LogP contribution in [-0.4, -0.2) is 28.8 Å². The molecule has 0 heterocycles. The molecule has 1 atom stereocenters. The Morgan fingerprint density at radius 1 is 1.18 bits per heavy atom. The van der Waals surface area contributed by atoms with Crippen molar-refractivity contribution >= 4 is 23.3 Å². The van der Waals surface area contributed by atoms with Crippen molar-refractivity contribution in [2.45, 2.75) is 19.9 Å². The first-order valence-corrected chi connectivity index (χ1v) is 5.07. The lowest BCUT2D eigenvalue weighted by molar-refractivity contribution is -0.141. The van der Waals surface area contributed by atoms with Crippen LogP contribution in [0.5, 0.6) is 0 Å². The second-order valence-electron chi connectivity index (χ2n) is 3.58. The Hall–Kier alpha value is -2.17. The first-order chi connectivity index (χ1) is 7.95. The summed E-state index contributed by atoms with van der Waals surface area (Å²) >= 11 is 0. The summed E-state index contributed by atoms with van der Waals surface area (Å²) in [6.07, 6.45) is 0. The largest absolute Gasteiger partial charge is 0.480 e. The molecule has 0 aliphatic carbocycles. The number of carboxylic acids is 1. The second kappa shape index (κ2) is 5.25. The van der Waals surface area contributed by atoms with Gasteiger partial charge in [-0.3, -0.25) is 14.5 Å². The number of rotatable bonds is 4. The monoisotopic (exact) mass is 235 g/mol. The van der Waals surface area contributed by atoms with Crippen LogP contribution in [-0.2, 0) is 14.4 Å². The van der Waals surface area contributed by atoms with Gasteiger partial charge in [0, 0.05) is 12.6 Å². The van der Waals surface area contributed by atoms with E-state index in [1.807, 2.05) is 0 Å². The zero-order valence-corrected chi connectivity index (χ0v) is 9.58. The quantitative estimate of drug-likeness (QED) is 0.792. The van der Waals surface area contributed by atoms with Crippen LogP contribution in [0, 0.1) is 0 Å². The fourth-order valence-electron chi connectivity index (χ4n) is 1.39. The lowest BCUT2D eigenvalue weighted by Gasteiger charge is -2.25. The maximum Gasteiger partial charge on any atom is 0.326 e. The molecule has 0 aliphatic heterocycles. The SMILES string of the molecule is CC(=O)C(=O)N(c1ccccc1)C(C)C(=O)O. The highest BCUT2D eigenvalue weighted by Gasteiger charge is 2.29. The zero-order chi connectivity index (χ0) is 13.0. The molecule has 1 rings (SSSR count). The molecule has 1 unspecified atom stereocenters. The fourth-order valence-corrected chi connectivity index (χ4v) is 1.39. The van der Waals surface area contributed by atoms with Gasteiger partial charge < -0.3 is 5.11 Å². The molecule has 0 radical (unpaired) electrons. The van der Waals surface area contributed by atoms with Crippen molar-refractivity contribution in [3.8, 4) is 0 Å². The molecule has 0 spiro atoms. The van der Waals surface area contributed by atoms with Crippen molar-refractivity contribution in [3.63, 3.8) is 0 Å². The number of ketones is 1. The normalized spacial score (nSPS) is 11.6. The minimum absolute atomic E-state index is 0.391. The van der Waals surface area contributed by atoms with E-state index >= 15 is 0 Å². The van der Waals surface area contributed by atoms with Crippen molar-refractivity contribution in [2.75, 3.05) is 4.90 Å². The van der Waals surface area contributed by atoms with E-state index in [4.69, 9.17) is 5.11 Å². The number of hydrogen-bond acceptors (Lipinski definition) is 3. The minimum atomic E-state index is -1.16. The molecule has 0 fully saturated rings. The lowest BCUT2D eigenvalue weighted by atomic mass is 10.2. The van der Waals surface area contributed by atoms with Gasteiger partial charge in [0.1, 0.15) is 6.04 Å². The molecule has 5 heteroatoms. The molecule has 5 nitrogen and oxygen atoms in total. The summed E-state index contributed by atoms with van der Waals surface area (Å²) in [6, 6.07) is 7.16. The molecule has 17 heavy (non-hydrogen) atoms. The van der Waals surface area contributed by atoms with Crippen molar-refractivity contribution in [3.05, 3.63) is 30.3 Å². The number of nitrogens with zero attached hydrogens (tertiary/aromatic N) is 1. The summed E-state index contributed by atoms with van der Waals surface area (Å²) in [4.78, 5) is 34.7. The summed E-state index contributed by atoms with van der Waals surface area (Å²) in [5, 5.41) is 8.94. The number of anilines is 1. The summed E-state index contributed by atoms with van der Waals surface area (Å²) in [5.74, 6) is -2.68. The maximum atomic E-state index is 11.7. The van der Waals surface area contributed by atoms with E-state index in [1.165, 1.54) is 6.92 Å². The van der Waals surface area contributed by atoms with Crippen molar-refractivity contribution in [1.29, 1.82) is 0 Å². The van der Waals surface area contributed by atoms with Gasteiger partial charge in [0.25, 0.3) is 5.91 Å². The van der Waals surface area contributed by atoms with Crippen LogP contribution in [0.15, 0.2) is 30.3 Å². The topological polar surface area (TPSA) is 74.7 Å². The molecule has 1 amide bonds. The number of carbonyl (C=O) groups excluding carboxylic acids is 2. The third-order valence-corrected chi connectivity index (χ3v) is 2.30. The Morgan fingerprint density at radius 3 is 2.12 bits per heavy atom. The summed E-state index contributed by atoms with van der Waals surface area (Å²) in [7, 11) is 0. The molecular formula is C12H13NO4. The Labute approximate surface area is 98.7 Å². The third kappa shape index (κ3) is 2.90. The molecule has 0 saturated heterocycles. The van der Waals surface area contributed by atoms with Crippen molar-refractivity contribution in [2.24, 2.45) is 0 Å². The molecular weight excluding hydrogens is 222 g/mol. The molecule has 0 saturated carbocycles. The van der Waals surface area contributed by atoms with Gasteiger partial charge in [0.05, 0.1) is 0 Å². The van der Waals surface area contributed by atoms with Gasteiger partial charge in [0.2, 0.25) is 5.78 Å². The first-order valence-electron chi connectivity index (χ1n) is 5.07. The molecule has 0 aliphatic rings. The number of aliphatic carboxylic acids is 1. The van der Waals surface area contributed by atoms with Crippen LogP contribution >= 0.6 is 0 Å². The van der Waals surface area contributed by atoms with Gasteiger partial charge in [-0.2, -0.15) is 0 Å². The number of carbonyl (C=O) groups is 3. The van der Waals surface area contributed by atoms with Crippen LogP contribution in [0.1, 0.15) is 13.8 Å². The third-order valence-electron chi connectivity index (χ3n) is 2.30. The van der Waals surface area contributed by atoms with Crippen LogP contribution in [0.4, 0.5) is 5.69 Å². The van der Waals surface area contributed by atoms with Crippen LogP contribution < -0.4 is 4.90 Å². The van der Waals surface area contributed by atoms with Crippen LogP contribution in [0.2, 0.25) is 0 Å². The van der Waals surface area contributed by atoms with Gasteiger partial charge >= 0.3 is 5.97 Å². The number of carboxylic acid groups (broad SMARTS) is 1. The number of benzene rings is 1. The molecule has 1 N–H and O–H groups in total. The number of amides is 1. The highest BCUT2D eigenvalue weighted by atomic mass is 16.4. The molecule has 90 valence electrons. The summed E-state index contributed by atoms with van der Waals surface area (Å²) in [6.45, 7) is 2.48. The Kier molecular flexibility index (Phi) is 3.98. The highest BCUT2D eigenvalue weighted by molar-refractivity contribution is 6.41. The Morgan fingerprint density at radius 2 is 1.71 bits per heavy atom. The van der Waals surface area contributed by atoms with E-state index in [2.05, 4.69) is 0 Å². The first kappa shape index (κ1) is 12.9. The van der Waals surface area contributed by atoms with E-state index < -0.39 is 23.7 Å². The number of hydrogen-bond donors (Lipinski definition) is 1. The van der Waals surface area contributed by atoms with Crippen LogP contribution in [0.25, 0.3) is 0 Å². The predicted molar refractivity (Wildman–Crippen MR) is 61.7 cm³/mol. The van der Waals surface area contributed by atoms with E-state index in [-0.39, 0.29) is 0 Å². The number of Topliss-reactive ketones (excluding diaryl/α,β-unsaturated/α-hetero) is 1. The summed E-state index contributed by atoms with van der Waals surface area (Å²) in [5.41, 5.74) is 0.391. The van der Waals surface area contributed by atoms with E-state index in [9.17, 15) is 14.4 Å². The fraction of sp³-hybridized carbons (Fsp3) is 0.250. The molecule has 1 aromatic carbocycles. The average molecular weight is 235 g/mol. The smallest absolute Gasteiger partial charge is 0.326 e. The minimum Gasteiger partial charge on any atom is -0.480 e. The van der Waals surface area contributed by atoms with Gasteiger partial charge in [-0.1, -0.05) is 18.2 Å². The second-order valence-corrected chi connectivity index (χ2v) is 3.58. The standard InChI is InChI=1S/C12H13NO4/c1-8(12(16)17)13(11(15)9(2)14)10-6-4-3-5-7-10/h3-8H,1-2H3,(H,16,17). The number of para-hydroxylation sites is 1. The predicted octanol–water partition coefficient (Wildman–Crippen LogP) is 1.08. The van der Waals surface area contributed by atoms with E-state index in [0.717, 1.165) is 11.8 Å². The lowest BCUT2D eigenvalue weighted by Crippen LogP contribution is -2.46. The Balaban J connectivity index is 3.16. The summed E-state index contributed by atoms with van der Waals surface area (Å²) < 4.78 is 0. The zero-order valence-electron chi connectivity index (χ0n) is 9.58. The average Bonchev–Trinajstić information content (AvgIpc) is 2.30. The van der Waals surface area contributed by atoms with Crippen molar-refractivity contribution < 1.29 is 19.5 Å². The van der Waals surface area contributed by atoms with Gasteiger partial charge in [-0.05, 0) is 19.1 Å². The van der Waals surface area contributed by atoms with E-state index in [0.29, 0.717) is 5.69 Å². The van der Waals surface area contributed by atoms with Crippen molar-refractivity contribution in [1.82, 2.24) is 0 Å². The van der Waals surface area contributed by atoms with Gasteiger partial charge in [-0.25, -0.2) is 4.79 Å². The van der Waals surface area contributed by atoms with Gasteiger partial charge in [-0.15, -0.1) is 0 Å².